The largest absolute Gasteiger partial charge is 0.480 e. The highest BCUT2D eigenvalue weighted by atomic mass is 32.2. The molecule has 0 bridgehead atoms. The van der Waals surface area contributed by atoms with Gasteiger partial charge in [-0.3, -0.25) is 14.2 Å². The molecule has 0 aliphatic heterocycles. The van der Waals surface area contributed by atoms with Crippen LogP contribution in [0, 0.1) is 0 Å². The second-order valence-electron chi connectivity index (χ2n) is 6.37. The van der Waals surface area contributed by atoms with Crippen LogP contribution in [0.1, 0.15) is 32.3 Å². The summed E-state index contributed by atoms with van der Waals surface area (Å²) in [6.07, 6.45) is -1.86. The lowest BCUT2D eigenvalue weighted by atomic mass is 9.94. The minimum atomic E-state index is -4.14. The van der Waals surface area contributed by atoms with E-state index in [-0.39, 0.29) is 4.21 Å². The Hall–Kier alpha value is -2.70. The van der Waals surface area contributed by atoms with Gasteiger partial charge >= 0.3 is 5.97 Å². The highest BCUT2D eigenvalue weighted by Crippen LogP contribution is 2.30. The molecule has 0 fully saturated rings. The van der Waals surface area contributed by atoms with Gasteiger partial charge in [-0.1, -0.05) is 57.7 Å². The summed E-state index contributed by atoms with van der Waals surface area (Å²) in [6.45, 7) is 8.79. The third-order valence-electron chi connectivity index (χ3n) is 4.20. The van der Waals surface area contributed by atoms with Crippen molar-refractivity contribution >= 4 is 38.5 Å². The van der Waals surface area contributed by atoms with E-state index in [4.69, 9.17) is 0 Å². The van der Waals surface area contributed by atoms with Crippen LogP contribution in [0.25, 0.3) is 0 Å². The number of thiophene rings is 1. The van der Waals surface area contributed by atoms with Crippen LogP contribution in [0.4, 0.5) is 18.2 Å². The van der Waals surface area contributed by atoms with Gasteiger partial charge in [0.1, 0.15) is 15.3 Å². The lowest BCUT2D eigenvalue weighted by Gasteiger charge is -2.21. The van der Waals surface area contributed by atoms with Crippen LogP contribution in [0.5, 0.6) is 0 Å². The van der Waals surface area contributed by atoms with E-state index in [1.54, 1.807) is 37.3 Å². The minimum absolute atomic E-state index is 0.126. The van der Waals surface area contributed by atoms with Crippen molar-refractivity contribution in [2.75, 3.05) is 19.2 Å². The number of carboxylic acid groups (broad SMARTS) is 1. The number of halogens is 3. The maximum absolute atomic E-state index is 12.7. The average molecular weight is 522 g/mol. The summed E-state index contributed by atoms with van der Waals surface area (Å²) in [6, 6.07) is 10.1. The third-order valence-corrected chi connectivity index (χ3v) is 7.29. The van der Waals surface area contributed by atoms with Gasteiger partial charge in [0.2, 0.25) is 0 Å². The molecule has 2 unspecified atom stereocenters. The molecule has 2 atom stereocenters. The predicted octanol–water partition coefficient (Wildman–Crippen LogP) is 5.14. The number of hydrogen-bond donors (Lipinski definition) is 2. The van der Waals surface area contributed by atoms with Crippen molar-refractivity contribution in [2.45, 2.75) is 43.4 Å². The summed E-state index contributed by atoms with van der Waals surface area (Å²) >= 11 is 0.821. The fourth-order valence-corrected chi connectivity index (χ4v) is 4.94. The Morgan fingerprint density at radius 1 is 1.18 bits per heavy atom. The highest BCUT2D eigenvalue weighted by molar-refractivity contribution is 7.91. The molecule has 0 spiro atoms. The van der Waals surface area contributed by atoms with Gasteiger partial charge in [-0.2, -0.15) is 9.82 Å². The van der Waals surface area contributed by atoms with Crippen LogP contribution in [-0.4, -0.2) is 52.4 Å². The molecule has 0 radical (unpaired) electrons. The summed E-state index contributed by atoms with van der Waals surface area (Å²) in [5.74, 6) is -1.93. The van der Waals surface area contributed by atoms with E-state index in [1.165, 1.54) is 24.2 Å². The lowest BCUT2D eigenvalue weighted by molar-refractivity contribution is -0.139. The Balaban J connectivity index is 0.00000258. The average Bonchev–Trinajstić information content (AvgIpc) is 3.35. The van der Waals surface area contributed by atoms with Crippen molar-refractivity contribution < 1.29 is 31.5 Å². The number of nitrogens with one attached hydrogen (secondary N) is 1. The maximum Gasteiger partial charge on any atom is 0.322 e. The molecule has 2 rings (SSSR count). The van der Waals surface area contributed by atoms with E-state index in [0.29, 0.717) is 17.7 Å². The monoisotopic (exact) mass is 521 g/mol. The zero-order valence-corrected chi connectivity index (χ0v) is 21.2. The molecule has 1 aromatic carbocycles. The lowest BCUT2D eigenvalue weighted by Crippen LogP contribution is -2.43. The quantitative estimate of drug-likeness (QED) is 0.333. The molecular weight excluding hydrogens is 491 g/mol. The number of hydrogen-bond acceptors (Lipinski definition) is 6. The summed E-state index contributed by atoms with van der Waals surface area (Å²) in [7, 11) is -2.18. The smallest absolute Gasteiger partial charge is 0.322 e. The van der Waals surface area contributed by atoms with Crippen molar-refractivity contribution in [2.24, 2.45) is 5.10 Å². The molecule has 2 N–H and O–H groups in total. The minimum Gasteiger partial charge on any atom is -0.480 e. The summed E-state index contributed by atoms with van der Waals surface area (Å²) in [4.78, 5) is 11.7. The highest BCUT2D eigenvalue weighted by Gasteiger charge is 2.32. The molecule has 0 saturated heterocycles. The third kappa shape index (κ3) is 9.27. The number of benzene rings is 1. The predicted molar refractivity (Wildman–Crippen MR) is 131 cm³/mol. The van der Waals surface area contributed by atoms with Crippen molar-refractivity contribution in [1.29, 1.82) is 0 Å². The summed E-state index contributed by atoms with van der Waals surface area (Å²) in [5.41, 5.74) is 0.194. The first-order valence-corrected chi connectivity index (χ1v) is 12.3. The first kappa shape index (κ1) is 31.3. The van der Waals surface area contributed by atoms with Crippen LogP contribution in [0.3, 0.4) is 0 Å². The Morgan fingerprint density at radius 3 is 2.24 bits per heavy atom. The van der Waals surface area contributed by atoms with Gasteiger partial charge in [0.25, 0.3) is 16.4 Å². The van der Waals surface area contributed by atoms with Crippen molar-refractivity contribution in [3.05, 3.63) is 60.2 Å². The van der Waals surface area contributed by atoms with E-state index in [2.05, 4.69) is 16.4 Å². The molecule has 12 heteroatoms. The van der Waals surface area contributed by atoms with Gasteiger partial charge in [-0.05, 0) is 17.7 Å². The van der Waals surface area contributed by atoms with Gasteiger partial charge < -0.3 is 5.11 Å². The fraction of sp³-hybridized carbons (Fsp3) is 0.364. The summed E-state index contributed by atoms with van der Waals surface area (Å²) in [5, 5.41) is 14.9. The molecule has 0 aliphatic rings. The van der Waals surface area contributed by atoms with E-state index in [0.717, 1.165) is 17.6 Å². The molecule has 1 heterocycles. The SMILES string of the molecule is C=C(/C=N\N(C)c1ccc(S(=O)(=O)NC(C(=O)O)C(C)c2ccccc2)s1)C(F)F.CC.CF. The molecule has 0 aliphatic carbocycles. The number of anilines is 1. The number of rotatable bonds is 10. The van der Waals surface area contributed by atoms with Crippen LogP contribution < -0.4 is 9.73 Å². The molecule has 1 aromatic heterocycles. The van der Waals surface area contributed by atoms with E-state index < -0.39 is 40.0 Å². The normalized spacial score (nSPS) is 12.7. The standard InChI is InChI=1S/C19H21F2N3O4S2.C2H6.CH3F/c1-12(18(20)21)11-22-24(3)15-9-10-16(29-15)30(27,28)23-17(19(25)26)13(2)14-7-5-4-6-8-14;2*1-2/h4-11,13,17-18,23H,1H2,2-3H3,(H,25,26);1-2H3;1H3/b22-11-;;. The molecule has 2 aromatic rings. The number of sulfonamides is 1. The molecular formula is C22H30F3N3O4S2. The van der Waals surface area contributed by atoms with Gasteiger partial charge in [-0.15, -0.1) is 11.3 Å². The number of nitrogens with zero attached hydrogens (tertiary/aromatic N) is 2. The topological polar surface area (TPSA) is 99.1 Å². The number of carbonyl (C=O) groups is 1. The van der Waals surface area contributed by atoms with Gasteiger partial charge in [0.15, 0.2) is 0 Å². The van der Waals surface area contributed by atoms with Gasteiger partial charge in [0.05, 0.1) is 13.4 Å². The van der Waals surface area contributed by atoms with Crippen molar-refractivity contribution in [3.63, 3.8) is 0 Å². The zero-order chi connectivity index (χ0) is 26.5. The molecule has 0 amide bonds. The number of alkyl halides is 3. The second-order valence-corrected chi connectivity index (χ2v) is 9.38. The van der Waals surface area contributed by atoms with Crippen LogP contribution in [-0.2, 0) is 14.8 Å². The maximum atomic E-state index is 12.7. The molecule has 7 nitrogen and oxygen atoms in total. The van der Waals surface area contributed by atoms with E-state index in [9.17, 15) is 31.5 Å². The number of carboxylic acids is 1. The first-order chi connectivity index (χ1) is 16.0. The Kier molecular flexibility index (Phi) is 14.0. The van der Waals surface area contributed by atoms with Crippen molar-refractivity contribution in [3.8, 4) is 0 Å². The molecule has 34 heavy (non-hydrogen) atoms. The fourth-order valence-electron chi connectivity index (χ4n) is 2.44. The Labute approximate surface area is 202 Å². The van der Waals surface area contributed by atoms with Crippen LogP contribution in [0.15, 0.2) is 63.9 Å². The number of allylic oxidation sites excluding steroid dienone is 1. The Morgan fingerprint density at radius 2 is 1.74 bits per heavy atom. The second kappa shape index (κ2) is 15.3. The number of aliphatic carboxylic acids is 1. The number of hydrazone groups is 1. The zero-order valence-electron chi connectivity index (χ0n) is 19.6. The van der Waals surface area contributed by atoms with E-state index in [1.807, 2.05) is 13.8 Å². The van der Waals surface area contributed by atoms with E-state index >= 15 is 0 Å². The first-order valence-electron chi connectivity index (χ1n) is 10.0. The molecule has 0 saturated carbocycles. The van der Waals surface area contributed by atoms with Crippen molar-refractivity contribution in [1.82, 2.24) is 4.72 Å². The molecule has 190 valence electrons. The van der Waals surface area contributed by atoms with Crippen LogP contribution in [0.2, 0.25) is 0 Å². The van der Waals surface area contributed by atoms with Crippen LogP contribution >= 0.6 is 11.3 Å². The summed E-state index contributed by atoms with van der Waals surface area (Å²) < 4.78 is 62.0. The Bertz CT molecular complexity index is 1030. The van der Waals surface area contributed by atoms with Gasteiger partial charge in [0, 0.05) is 18.5 Å². The van der Waals surface area contributed by atoms with Gasteiger partial charge in [-0.25, -0.2) is 17.2 Å².